The Bertz CT molecular complexity index is 399. The third-order valence-electron chi connectivity index (χ3n) is 3.12. The normalized spacial score (nSPS) is 20.9. The molecular formula is C12H20N4O. The number of nitrogens with one attached hydrogen (secondary N) is 1. The van der Waals surface area contributed by atoms with E-state index in [-0.39, 0.29) is 18.0 Å². The summed E-state index contributed by atoms with van der Waals surface area (Å²) in [5, 5.41) is 7.60. The molecule has 0 spiro atoms. The number of piperazine rings is 1. The molecule has 0 radical (unpaired) electrons. The molecule has 1 aromatic heterocycles. The van der Waals surface area contributed by atoms with Crippen LogP contribution in [0.3, 0.4) is 0 Å². The van der Waals surface area contributed by atoms with Gasteiger partial charge in [-0.2, -0.15) is 5.10 Å². The van der Waals surface area contributed by atoms with Gasteiger partial charge in [-0.25, -0.2) is 0 Å². The van der Waals surface area contributed by atoms with Gasteiger partial charge in [0.2, 0.25) is 0 Å². The van der Waals surface area contributed by atoms with Crippen molar-refractivity contribution in [2.75, 3.05) is 19.6 Å². The quantitative estimate of drug-likeness (QED) is 0.830. The third-order valence-corrected chi connectivity index (χ3v) is 3.12. The lowest BCUT2D eigenvalue weighted by Gasteiger charge is -2.33. The lowest BCUT2D eigenvalue weighted by molar-refractivity contribution is 0.0648. The molecule has 1 N–H and O–H groups in total. The van der Waals surface area contributed by atoms with Gasteiger partial charge in [0, 0.05) is 37.9 Å². The molecule has 0 bridgehead atoms. The van der Waals surface area contributed by atoms with Crippen LogP contribution in [-0.2, 0) is 0 Å². The summed E-state index contributed by atoms with van der Waals surface area (Å²) < 4.78 is 1.82. The molecule has 94 valence electrons. The van der Waals surface area contributed by atoms with Gasteiger partial charge in [-0.05, 0) is 26.8 Å². The van der Waals surface area contributed by atoms with Crippen molar-refractivity contribution in [1.29, 1.82) is 0 Å². The van der Waals surface area contributed by atoms with Crippen molar-refractivity contribution < 1.29 is 4.79 Å². The van der Waals surface area contributed by atoms with Crippen LogP contribution in [0.15, 0.2) is 12.3 Å². The molecule has 1 aromatic rings. The van der Waals surface area contributed by atoms with Gasteiger partial charge >= 0.3 is 0 Å². The number of amides is 1. The minimum absolute atomic E-state index is 0.0402. The van der Waals surface area contributed by atoms with E-state index < -0.39 is 0 Å². The van der Waals surface area contributed by atoms with Crippen LogP contribution in [0.5, 0.6) is 0 Å². The molecule has 1 saturated heterocycles. The van der Waals surface area contributed by atoms with Gasteiger partial charge in [-0.15, -0.1) is 0 Å². The van der Waals surface area contributed by atoms with Crippen LogP contribution < -0.4 is 5.32 Å². The van der Waals surface area contributed by atoms with Gasteiger partial charge in [-0.3, -0.25) is 9.48 Å². The van der Waals surface area contributed by atoms with Crippen molar-refractivity contribution in [2.24, 2.45) is 0 Å². The molecule has 5 heteroatoms. The highest BCUT2D eigenvalue weighted by atomic mass is 16.2. The molecule has 1 amide bonds. The van der Waals surface area contributed by atoms with Gasteiger partial charge in [0.05, 0.1) is 0 Å². The fourth-order valence-corrected chi connectivity index (χ4v) is 2.03. The zero-order valence-electron chi connectivity index (χ0n) is 10.7. The fourth-order valence-electron chi connectivity index (χ4n) is 2.03. The maximum Gasteiger partial charge on any atom is 0.274 e. The van der Waals surface area contributed by atoms with E-state index in [1.165, 1.54) is 0 Å². The monoisotopic (exact) mass is 236 g/mol. The van der Waals surface area contributed by atoms with Crippen LogP contribution in [0.1, 0.15) is 37.3 Å². The lowest BCUT2D eigenvalue weighted by Crippen LogP contribution is -2.52. The second-order valence-electron chi connectivity index (χ2n) is 4.83. The maximum absolute atomic E-state index is 12.3. The number of carbonyl (C=O) groups excluding carboxylic acids is 1. The zero-order valence-corrected chi connectivity index (χ0v) is 10.7. The van der Waals surface area contributed by atoms with E-state index in [4.69, 9.17) is 0 Å². The van der Waals surface area contributed by atoms with E-state index in [9.17, 15) is 4.79 Å². The third kappa shape index (κ3) is 2.49. The van der Waals surface area contributed by atoms with Crippen LogP contribution in [-0.4, -0.2) is 46.3 Å². The SMILES string of the molecule is CC(C)n1ccc(C(=O)N2CCNC[C@@H]2C)n1. The van der Waals surface area contributed by atoms with Crippen molar-refractivity contribution in [3.05, 3.63) is 18.0 Å². The summed E-state index contributed by atoms with van der Waals surface area (Å²) in [7, 11) is 0. The number of rotatable bonds is 2. The van der Waals surface area contributed by atoms with Crippen LogP contribution in [0, 0.1) is 0 Å². The average molecular weight is 236 g/mol. The zero-order chi connectivity index (χ0) is 12.4. The Kier molecular flexibility index (Phi) is 3.47. The number of carbonyl (C=O) groups is 1. The number of aromatic nitrogens is 2. The van der Waals surface area contributed by atoms with Crippen molar-refractivity contribution >= 4 is 5.91 Å². The summed E-state index contributed by atoms with van der Waals surface area (Å²) in [5.41, 5.74) is 0.549. The molecule has 2 heterocycles. The van der Waals surface area contributed by atoms with E-state index in [2.05, 4.69) is 31.2 Å². The Morgan fingerprint density at radius 1 is 1.59 bits per heavy atom. The van der Waals surface area contributed by atoms with E-state index in [0.29, 0.717) is 5.69 Å². The Hall–Kier alpha value is -1.36. The largest absolute Gasteiger partial charge is 0.332 e. The van der Waals surface area contributed by atoms with Crippen LogP contribution in [0.25, 0.3) is 0 Å². The lowest BCUT2D eigenvalue weighted by atomic mass is 10.2. The predicted molar refractivity (Wildman–Crippen MR) is 66.0 cm³/mol. The molecule has 1 aliphatic rings. The smallest absolute Gasteiger partial charge is 0.274 e. The summed E-state index contributed by atoms with van der Waals surface area (Å²) in [6, 6.07) is 2.33. The van der Waals surface area contributed by atoms with Gasteiger partial charge < -0.3 is 10.2 Å². The van der Waals surface area contributed by atoms with Crippen LogP contribution in [0.4, 0.5) is 0 Å². The van der Waals surface area contributed by atoms with Crippen LogP contribution in [0.2, 0.25) is 0 Å². The maximum atomic E-state index is 12.3. The minimum atomic E-state index is 0.0402. The topological polar surface area (TPSA) is 50.2 Å². The molecule has 0 aromatic carbocycles. The second kappa shape index (κ2) is 4.87. The molecule has 2 rings (SSSR count). The summed E-state index contributed by atoms with van der Waals surface area (Å²) in [6.45, 7) is 8.64. The molecule has 0 saturated carbocycles. The Morgan fingerprint density at radius 2 is 2.35 bits per heavy atom. The average Bonchev–Trinajstić information content (AvgIpc) is 2.78. The first-order chi connectivity index (χ1) is 8.09. The summed E-state index contributed by atoms with van der Waals surface area (Å²) in [4.78, 5) is 14.2. The number of hydrogen-bond donors (Lipinski definition) is 1. The van der Waals surface area contributed by atoms with Gasteiger partial charge in [0.15, 0.2) is 0 Å². The second-order valence-corrected chi connectivity index (χ2v) is 4.83. The fraction of sp³-hybridized carbons (Fsp3) is 0.667. The first kappa shape index (κ1) is 12.1. The van der Waals surface area contributed by atoms with Crippen molar-refractivity contribution in [3.8, 4) is 0 Å². The van der Waals surface area contributed by atoms with Crippen molar-refractivity contribution in [1.82, 2.24) is 20.0 Å². The highest BCUT2D eigenvalue weighted by Gasteiger charge is 2.25. The van der Waals surface area contributed by atoms with E-state index >= 15 is 0 Å². The number of nitrogens with zero attached hydrogens (tertiary/aromatic N) is 3. The Balaban J connectivity index is 2.12. The number of hydrogen-bond acceptors (Lipinski definition) is 3. The first-order valence-electron chi connectivity index (χ1n) is 6.16. The Labute approximate surface area is 102 Å². The van der Waals surface area contributed by atoms with E-state index in [0.717, 1.165) is 19.6 Å². The molecule has 1 fully saturated rings. The van der Waals surface area contributed by atoms with Gasteiger partial charge in [-0.1, -0.05) is 0 Å². The summed E-state index contributed by atoms with van der Waals surface area (Å²) >= 11 is 0. The molecule has 17 heavy (non-hydrogen) atoms. The summed E-state index contributed by atoms with van der Waals surface area (Å²) in [6.07, 6.45) is 1.87. The highest BCUT2D eigenvalue weighted by molar-refractivity contribution is 5.92. The summed E-state index contributed by atoms with van der Waals surface area (Å²) in [5.74, 6) is 0.0402. The Morgan fingerprint density at radius 3 is 2.94 bits per heavy atom. The van der Waals surface area contributed by atoms with E-state index in [1.54, 1.807) is 6.07 Å². The predicted octanol–water partition coefficient (Wildman–Crippen LogP) is 0.898. The highest BCUT2D eigenvalue weighted by Crippen LogP contribution is 2.10. The van der Waals surface area contributed by atoms with Crippen molar-refractivity contribution in [2.45, 2.75) is 32.9 Å². The standard InChI is InChI=1S/C12H20N4O/c1-9(2)16-6-4-11(14-16)12(17)15-7-5-13-8-10(15)3/h4,6,9-10,13H,5,7-8H2,1-3H3/t10-/m0/s1. The van der Waals surface area contributed by atoms with Crippen LogP contribution >= 0.6 is 0 Å². The molecule has 0 aliphatic carbocycles. The first-order valence-corrected chi connectivity index (χ1v) is 6.16. The minimum Gasteiger partial charge on any atom is -0.332 e. The molecule has 0 unspecified atom stereocenters. The van der Waals surface area contributed by atoms with E-state index in [1.807, 2.05) is 15.8 Å². The molecular weight excluding hydrogens is 216 g/mol. The molecule has 5 nitrogen and oxygen atoms in total. The van der Waals surface area contributed by atoms with Crippen molar-refractivity contribution in [3.63, 3.8) is 0 Å². The molecule has 1 aliphatic heterocycles. The van der Waals surface area contributed by atoms with Gasteiger partial charge in [0.1, 0.15) is 5.69 Å². The molecule has 1 atom stereocenters. The van der Waals surface area contributed by atoms with Gasteiger partial charge in [0.25, 0.3) is 5.91 Å².